The van der Waals surface area contributed by atoms with E-state index in [0.717, 1.165) is 27.7 Å². The Hall–Kier alpha value is -2.53. The van der Waals surface area contributed by atoms with E-state index in [1.807, 2.05) is 44.2 Å². The minimum atomic E-state index is 0.581. The summed E-state index contributed by atoms with van der Waals surface area (Å²) in [5, 5.41) is 2.14. The molecule has 2 aromatic heterocycles. The van der Waals surface area contributed by atoms with Crippen molar-refractivity contribution in [3.05, 3.63) is 47.8 Å². The largest absolute Gasteiger partial charge is 0.308 e. The van der Waals surface area contributed by atoms with E-state index in [1.54, 1.807) is 6.20 Å². The predicted octanol–water partition coefficient (Wildman–Crippen LogP) is 2.59. The number of benzene rings is 1. The van der Waals surface area contributed by atoms with E-state index in [9.17, 15) is 0 Å². The van der Waals surface area contributed by atoms with Crippen molar-refractivity contribution < 1.29 is 0 Å². The number of anilines is 1. The fourth-order valence-electron chi connectivity index (χ4n) is 2.17. The fourth-order valence-corrected chi connectivity index (χ4v) is 2.17. The smallest absolute Gasteiger partial charge is 0.181 e. The third-order valence-electron chi connectivity index (χ3n) is 3.41. The average Bonchev–Trinajstić information content (AvgIpc) is 2.49. The van der Waals surface area contributed by atoms with Crippen molar-refractivity contribution in [1.29, 1.82) is 0 Å². The van der Waals surface area contributed by atoms with Crippen LogP contribution >= 0.6 is 0 Å². The maximum Gasteiger partial charge on any atom is 0.181 e. The molecule has 0 radical (unpaired) electrons. The highest BCUT2D eigenvalue weighted by Gasteiger charge is 2.12. The molecule has 0 fully saturated rings. The van der Waals surface area contributed by atoms with Crippen LogP contribution in [-0.4, -0.2) is 15.0 Å². The number of rotatable bonds is 2. The van der Waals surface area contributed by atoms with Gasteiger partial charge < -0.3 is 5.43 Å². The molecule has 3 rings (SSSR count). The number of aryl methyl sites for hydroxylation is 1. The Balaban J connectivity index is 2.28. The Morgan fingerprint density at radius 3 is 2.65 bits per heavy atom. The highest BCUT2D eigenvalue weighted by Crippen LogP contribution is 2.26. The summed E-state index contributed by atoms with van der Waals surface area (Å²) < 4.78 is 0. The lowest BCUT2D eigenvalue weighted by Gasteiger charge is -2.10. The van der Waals surface area contributed by atoms with Crippen molar-refractivity contribution in [2.75, 3.05) is 5.43 Å². The molecule has 0 bridgehead atoms. The van der Waals surface area contributed by atoms with Crippen LogP contribution < -0.4 is 11.3 Å². The molecule has 20 heavy (non-hydrogen) atoms. The summed E-state index contributed by atoms with van der Waals surface area (Å²) in [4.78, 5) is 13.4. The molecule has 0 spiro atoms. The van der Waals surface area contributed by atoms with Gasteiger partial charge in [-0.25, -0.2) is 15.8 Å². The molecular weight excluding hydrogens is 250 g/mol. The van der Waals surface area contributed by atoms with Crippen molar-refractivity contribution in [3.63, 3.8) is 0 Å². The number of nitrogens with two attached hydrogens (primary N) is 1. The van der Waals surface area contributed by atoms with Gasteiger partial charge in [-0.2, -0.15) is 0 Å². The highest BCUT2D eigenvalue weighted by atomic mass is 15.3. The van der Waals surface area contributed by atoms with Crippen LogP contribution in [0.25, 0.3) is 22.3 Å². The monoisotopic (exact) mass is 265 g/mol. The van der Waals surface area contributed by atoms with Crippen LogP contribution in [-0.2, 0) is 0 Å². The molecule has 0 aliphatic heterocycles. The second-order valence-electron chi connectivity index (χ2n) is 4.63. The van der Waals surface area contributed by atoms with Crippen molar-refractivity contribution in [2.24, 2.45) is 5.84 Å². The Bertz CT molecular complexity index is 777. The third kappa shape index (κ3) is 1.98. The van der Waals surface area contributed by atoms with E-state index >= 15 is 0 Å². The molecule has 0 saturated carbocycles. The van der Waals surface area contributed by atoms with Crippen molar-refractivity contribution in [3.8, 4) is 11.5 Å². The number of hydrazine groups is 1. The average molecular weight is 265 g/mol. The summed E-state index contributed by atoms with van der Waals surface area (Å²) in [5.74, 6) is 6.73. The summed E-state index contributed by atoms with van der Waals surface area (Å²) in [6, 6.07) is 10.0. The summed E-state index contributed by atoms with van der Waals surface area (Å²) in [5.41, 5.74) is 5.21. The minimum absolute atomic E-state index is 0.581. The van der Waals surface area contributed by atoms with E-state index in [-0.39, 0.29) is 0 Å². The van der Waals surface area contributed by atoms with Gasteiger partial charge >= 0.3 is 0 Å². The molecular formula is C15H15N5. The molecule has 3 N–H and O–H groups in total. The van der Waals surface area contributed by atoms with Gasteiger partial charge in [-0.15, -0.1) is 0 Å². The lowest BCUT2D eigenvalue weighted by atomic mass is 10.1. The normalized spacial score (nSPS) is 10.8. The van der Waals surface area contributed by atoms with Crippen LogP contribution in [0.5, 0.6) is 0 Å². The Kier molecular flexibility index (Phi) is 3.04. The Morgan fingerprint density at radius 2 is 1.85 bits per heavy atom. The molecule has 100 valence electrons. The maximum atomic E-state index is 5.52. The number of fused-ring (bicyclic) bond motifs is 1. The molecule has 3 aromatic rings. The maximum absolute atomic E-state index is 5.52. The summed E-state index contributed by atoms with van der Waals surface area (Å²) >= 11 is 0. The number of hydrogen-bond donors (Lipinski definition) is 2. The SMILES string of the molecule is Cc1nc(-c2nccc3ccccc23)nc(NN)c1C. The van der Waals surface area contributed by atoms with E-state index in [1.165, 1.54) is 0 Å². The number of nitrogen functional groups attached to an aromatic ring is 1. The summed E-state index contributed by atoms with van der Waals surface area (Å²) in [6.07, 6.45) is 1.77. The first-order valence-corrected chi connectivity index (χ1v) is 6.36. The number of pyridine rings is 1. The van der Waals surface area contributed by atoms with Crippen LogP contribution in [0.3, 0.4) is 0 Å². The van der Waals surface area contributed by atoms with Crippen LogP contribution in [0.1, 0.15) is 11.3 Å². The van der Waals surface area contributed by atoms with Gasteiger partial charge in [0.2, 0.25) is 0 Å². The van der Waals surface area contributed by atoms with Crippen LogP contribution in [0.4, 0.5) is 5.82 Å². The topological polar surface area (TPSA) is 76.7 Å². The Morgan fingerprint density at radius 1 is 1.05 bits per heavy atom. The molecule has 0 aliphatic rings. The van der Waals surface area contributed by atoms with Crippen molar-refractivity contribution in [1.82, 2.24) is 15.0 Å². The lowest BCUT2D eigenvalue weighted by Crippen LogP contribution is -2.12. The third-order valence-corrected chi connectivity index (χ3v) is 3.41. The highest BCUT2D eigenvalue weighted by molar-refractivity contribution is 5.92. The first kappa shape index (κ1) is 12.5. The summed E-state index contributed by atoms with van der Waals surface area (Å²) in [6.45, 7) is 3.87. The molecule has 1 aromatic carbocycles. The van der Waals surface area contributed by atoms with E-state index in [4.69, 9.17) is 5.84 Å². The molecule has 2 heterocycles. The number of nitrogens with zero attached hydrogens (tertiary/aromatic N) is 3. The van der Waals surface area contributed by atoms with Crippen LogP contribution in [0.15, 0.2) is 36.5 Å². The lowest BCUT2D eigenvalue weighted by molar-refractivity contribution is 1.05. The standard InChI is InChI=1S/C15H15N5/c1-9-10(2)18-15(19-14(9)20-16)13-12-6-4-3-5-11(12)7-8-17-13/h3-8H,16H2,1-2H3,(H,18,19,20). The van der Waals surface area contributed by atoms with E-state index in [0.29, 0.717) is 11.6 Å². The van der Waals surface area contributed by atoms with Gasteiger partial charge in [-0.3, -0.25) is 4.98 Å². The van der Waals surface area contributed by atoms with Crippen molar-refractivity contribution in [2.45, 2.75) is 13.8 Å². The van der Waals surface area contributed by atoms with Crippen LogP contribution in [0, 0.1) is 13.8 Å². The van der Waals surface area contributed by atoms with E-state index in [2.05, 4.69) is 20.4 Å². The number of hydrogen-bond acceptors (Lipinski definition) is 5. The van der Waals surface area contributed by atoms with Crippen LogP contribution in [0.2, 0.25) is 0 Å². The predicted molar refractivity (Wildman–Crippen MR) is 80.1 cm³/mol. The minimum Gasteiger partial charge on any atom is -0.308 e. The molecule has 0 saturated heterocycles. The molecule has 0 unspecified atom stereocenters. The molecule has 0 aliphatic carbocycles. The van der Waals surface area contributed by atoms with Gasteiger partial charge in [0.05, 0.1) is 0 Å². The quantitative estimate of drug-likeness (QED) is 0.550. The van der Waals surface area contributed by atoms with Gasteiger partial charge in [0.15, 0.2) is 5.82 Å². The second-order valence-corrected chi connectivity index (χ2v) is 4.63. The van der Waals surface area contributed by atoms with Gasteiger partial charge in [-0.05, 0) is 25.3 Å². The second kappa shape index (κ2) is 4.86. The summed E-state index contributed by atoms with van der Waals surface area (Å²) in [7, 11) is 0. The first-order valence-electron chi connectivity index (χ1n) is 6.36. The zero-order chi connectivity index (χ0) is 14.1. The first-order chi connectivity index (χ1) is 9.70. The van der Waals surface area contributed by atoms with Gasteiger partial charge in [0.25, 0.3) is 0 Å². The molecule has 5 nitrogen and oxygen atoms in total. The molecule has 0 amide bonds. The van der Waals surface area contributed by atoms with Crippen molar-refractivity contribution >= 4 is 16.6 Å². The fraction of sp³-hybridized carbons (Fsp3) is 0.133. The van der Waals surface area contributed by atoms with Gasteiger partial charge in [0.1, 0.15) is 11.5 Å². The van der Waals surface area contributed by atoms with Gasteiger partial charge in [0, 0.05) is 22.8 Å². The number of nitrogens with one attached hydrogen (secondary N) is 1. The molecule has 5 heteroatoms. The molecule has 0 atom stereocenters. The Labute approximate surface area is 116 Å². The zero-order valence-electron chi connectivity index (χ0n) is 11.4. The zero-order valence-corrected chi connectivity index (χ0v) is 11.4. The van der Waals surface area contributed by atoms with Gasteiger partial charge in [-0.1, -0.05) is 24.3 Å². The van der Waals surface area contributed by atoms with E-state index < -0.39 is 0 Å². The number of aromatic nitrogens is 3.